The topological polar surface area (TPSA) is 56.7 Å². The lowest BCUT2D eigenvalue weighted by molar-refractivity contribution is 0.528. The second-order valence-corrected chi connectivity index (χ2v) is 8.46. The molecule has 0 saturated carbocycles. The molecule has 0 radical (unpaired) electrons. The first-order chi connectivity index (χ1) is 12.7. The second kappa shape index (κ2) is 7.71. The van der Waals surface area contributed by atoms with Crippen LogP contribution in [0.3, 0.4) is 0 Å². The number of hydrogen-bond donors (Lipinski definition) is 0. The first kappa shape index (κ1) is 17.4. The van der Waals surface area contributed by atoms with Gasteiger partial charge in [-0.3, -0.25) is 0 Å². The van der Waals surface area contributed by atoms with Gasteiger partial charge < -0.3 is 4.42 Å². The van der Waals surface area contributed by atoms with E-state index in [9.17, 15) is 0 Å². The van der Waals surface area contributed by atoms with Crippen molar-refractivity contribution in [1.29, 1.82) is 0 Å². The van der Waals surface area contributed by atoms with Crippen molar-refractivity contribution in [1.82, 2.24) is 20.0 Å². The molecule has 0 bridgehead atoms. The molecule has 2 aromatic heterocycles. The molecule has 2 aromatic carbocycles. The number of rotatable bonds is 5. The normalized spacial score (nSPS) is 11.0. The van der Waals surface area contributed by atoms with E-state index < -0.39 is 0 Å². The van der Waals surface area contributed by atoms with Gasteiger partial charge in [0.2, 0.25) is 11.8 Å². The van der Waals surface area contributed by atoms with Crippen LogP contribution in [0.2, 0.25) is 5.02 Å². The highest BCUT2D eigenvalue weighted by Gasteiger charge is 2.11. The number of thioether (sulfide) groups is 1. The third-order valence-electron chi connectivity index (χ3n) is 3.41. The lowest BCUT2D eigenvalue weighted by atomic mass is 10.2. The summed E-state index contributed by atoms with van der Waals surface area (Å²) in [4.78, 5) is 0. The van der Waals surface area contributed by atoms with Gasteiger partial charge in [-0.2, -0.15) is 0 Å². The Morgan fingerprint density at radius 2 is 1.85 bits per heavy atom. The zero-order chi connectivity index (χ0) is 17.9. The Morgan fingerprint density at radius 1 is 1.08 bits per heavy atom. The molecule has 0 fully saturated rings. The minimum Gasteiger partial charge on any atom is -0.420 e. The van der Waals surface area contributed by atoms with Crippen LogP contribution in [0.15, 0.2) is 63.4 Å². The van der Waals surface area contributed by atoms with Crippen molar-refractivity contribution in [3.05, 3.63) is 69.5 Å². The maximum Gasteiger partial charge on any atom is 0.247 e. The van der Waals surface area contributed by atoms with Crippen molar-refractivity contribution in [3.8, 4) is 17.1 Å². The average Bonchev–Trinajstić information content (AvgIpc) is 3.28. The summed E-state index contributed by atoms with van der Waals surface area (Å²) in [6, 6.07) is 17.1. The summed E-state index contributed by atoms with van der Waals surface area (Å²) in [5.41, 5.74) is 1.78. The van der Waals surface area contributed by atoms with Crippen LogP contribution in [0.25, 0.3) is 17.1 Å². The molecule has 0 aliphatic carbocycles. The van der Waals surface area contributed by atoms with Gasteiger partial charge in [-0.25, -0.2) is 4.68 Å². The van der Waals surface area contributed by atoms with E-state index in [4.69, 9.17) is 28.2 Å². The van der Waals surface area contributed by atoms with Crippen molar-refractivity contribution < 1.29 is 4.42 Å². The fourth-order valence-electron chi connectivity index (χ4n) is 2.20. The molecular formula is C17H11ClN4OS3. The standard InChI is InChI=1S/C17H11ClN4OS3/c18-12-6-8-13(9-7-12)22-17(24)26-16(21-22)25-10-14-19-20-15(23-14)11-4-2-1-3-5-11/h1-9H,10H2. The van der Waals surface area contributed by atoms with Gasteiger partial charge >= 0.3 is 0 Å². The molecule has 130 valence electrons. The fraction of sp³-hybridized carbons (Fsp3) is 0.0588. The smallest absolute Gasteiger partial charge is 0.247 e. The van der Waals surface area contributed by atoms with E-state index in [-0.39, 0.29) is 0 Å². The Labute approximate surface area is 167 Å². The predicted octanol–water partition coefficient (Wildman–Crippen LogP) is 5.66. The summed E-state index contributed by atoms with van der Waals surface area (Å²) in [5.74, 6) is 1.59. The summed E-state index contributed by atoms with van der Waals surface area (Å²) in [6.45, 7) is 0. The first-order valence-corrected chi connectivity index (χ1v) is 10.1. The van der Waals surface area contributed by atoms with Gasteiger partial charge in [0.25, 0.3) is 0 Å². The van der Waals surface area contributed by atoms with Crippen LogP contribution >= 0.6 is 46.9 Å². The van der Waals surface area contributed by atoms with Crippen LogP contribution in [0.5, 0.6) is 0 Å². The molecule has 2 heterocycles. The van der Waals surface area contributed by atoms with Crippen molar-refractivity contribution >= 4 is 46.9 Å². The van der Waals surface area contributed by atoms with E-state index >= 15 is 0 Å². The third kappa shape index (κ3) is 3.88. The first-order valence-electron chi connectivity index (χ1n) is 7.56. The highest BCUT2D eigenvalue weighted by Crippen LogP contribution is 2.28. The molecule has 0 aliphatic rings. The largest absolute Gasteiger partial charge is 0.420 e. The molecule has 26 heavy (non-hydrogen) atoms. The molecule has 4 rings (SSSR count). The molecule has 0 aliphatic heterocycles. The summed E-state index contributed by atoms with van der Waals surface area (Å²) < 4.78 is 8.95. The van der Waals surface area contributed by atoms with Gasteiger partial charge in [-0.1, -0.05) is 52.9 Å². The van der Waals surface area contributed by atoms with E-state index in [2.05, 4.69) is 15.3 Å². The van der Waals surface area contributed by atoms with Crippen LogP contribution in [0.4, 0.5) is 0 Å². The zero-order valence-electron chi connectivity index (χ0n) is 13.2. The lowest BCUT2D eigenvalue weighted by Crippen LogP contribution is -1.95. The number of hydrogen-bond acceptors (Lipinski definition) is 7. The van der Waals surface area contributed by atoms with Crippen LogP contribution in [0.1, 0.15) is 5.89 Å². The van der Waals surface area contributed by atoms with Crippen molar-refractivity contribution in [3.63, 3.8) is 0 Å². The summed E-state index contributed by atoms with van der Waals surface area (Å²) >= 11 is 14.3. The average molecular weight is 419 g/mol. The monoisotopic (exact) mass is 418 g/mol. The fourth-order valence-corrected chi connectivity index (χ4v) is 4.52. The van der Waals surface area contributed by atoms with Gasteiger partial charge in [-0.05, 0) is 48.6 Å². The molecule has 0 saturated heterocycles. The molecule has 0 unspecified atom stereocenters. The maximum absolute atomic E-state index is 5.93. The van der Waals surface area contributed by atoms with E-state index in [1.54, 1.807) is 4.68 Å². The van der Waals surface area contributed by atoms with Gasteiger partial charge in [0, 0.05) is 10.6 Å². The molecule has 0 N–H and O–H groups in total. The molecule has 0 atom stereocenters. The summed E-state index contributed by atoms with van der Waals surface area (Å²) in [7, 11) is 0. The molecule has 4 aromatic rings. The Morgan fingerprint density at radius 3 is 2.62 bits per heavy atom. The summed E-state index contributed by atoms with van der Waals surface area (Å²) in [6.07, 6.45) is 0. The SMILES string of the molecule is S=c1sc(SCc2nnc(-c3ccccc3)o2)nn1-c1ccc(Cl)cc1. The van der Waals surface area contributed by atoms with Crippen LogP contribution < -0.4 is 0 Å². The highest BCUT2D eigenvalue weighted by molar-refractivity contribution is 8.00. The lowest BCUT2D eigenvalue weighted by Gasteiger charge is -1.99. The number of nitrogens with zero attached hydrogens (tertiary/aromatic N) is 4. The Hall–Kier alpha value is -2.00. The van der Waals surface area contributed by atoms with Crippen molar-refractivity contribution in [2.24, 2.45) is 0 Å². The molecular weight excluding hydrogens is 408 g/mol. The zero-order valence-corrected chi connectivity index (χ0v) is 16.4. The molecule has 0 amide bonds. The molecule has 0 spiro atoms. The quantitative estimate of drug-likeness (QED) is 0.308. The van der Waals surface area contributed by atoms with E-state index in [0.717, 1.165) is 15.6 Å². The molecule has 5 nitrogen and oxygen atoms in total. The minimum absolute atomic E-state index is 0.514. The van der Waals surface area contributed by atoms with Gasteiger partial charge in [0.05, 0.1) is 11.4 Å². The van der Waals surface area contributed by atoms with Crippen molar-refractivity contribution in [2.75, 3.05) is 0 Å². The van der Waals surface area contributed by atoms with Crippen molar-refractivity contribution in [2.45, 2.75) is 10.1 Å². The van der Waals surface area contributed by atoms with E-state index in [1.807, 2.05) is 54.6 Å². The number of benzene rings is 2. The van der Waals surface area contributed by atoms with Crippen LogP contribution in [-0.4, -0.2) is 20.0 Å². The number of halogens is 1. The van der Waals surface area contributed by atoms with Gasteiger partial charge in [0.15, 0.2) is 8.29 Å². The third-order valence-corrected chi connectivity index (χ3v) is 6.01. The minimum atomic E-state index is 0.514. The Kier molecular flexibility index (Phi) is 5.16. The molecule has 9 heteroatoms. The van der Waals surface area contributed by atoms with Crippen LogP contribution in [-0.2, 0) is 5.75 Å². The van der Waals surface area contributed by atoms with Gasteiger partial charge in [-0.15, -0.1) is 15.3 Å². The second-order valence-electron chi connectivity index (χ2n) is 5.18. The number of aromatic nitrogens is 4. The highest BCUT2D eigenvalue weighted by atomic mass is 35.5. The van der Waals surface area contributed by atoms with Crippen LogP contribution in [0, 0.1) is 3.95 Å². The van der Waals surface area contributed by atoms with E-state index in [1.165, 1.54) is 23.1 Å². The van der Waals surface area contributed by atoms with E-state index in [0.29, 0.717) is 26.5 Å². The Bertz CT molecular complexity index is 1070. The van der Waals surface area contributed by atoms with Gasteiger partial charge in [0.1, 0.15) is 0 Å². The Balaban J connectivity index is 1.47. The predicted molar refractivity (Wildman–Crippen MR) is 107 cm³/mol. The maximum atomic E-state index is 5.93. The summed E-state index contributed by atoms with van der Waals surface area (Å²) in [5, 5.41) is 13.4.